The number of rotatable bonds is 1. The van der Waals surface area contributed by atoms with Gasteiger partial charge in [0.2, 0.25) is 5.91 Å². The molecule has 2 nitrogen and oxygen atoms in total. The lowest BCUT2D eigenvalue weighted by Gasteiger charge is -2.37. The monoisotopic (exact) mass is 247 g/mol. The number of nitrogens with zero attached hydrogens (tertiary/aromatic N) is 1. The van der Waals surface area contributed by atoms with E-state index in [1.165, 1.54) is 11.3 Å². The molecule has 17 heavy (non-hydrogen) atoms. The second kappa shape index (κ2) is 4.37. The van der Waals surface area contributed by atoms with E-state index in [1.54, 1.807) is 0 Å². The summed E-state index contributed by atoms with van der Waals surface area (Å²) >= 11 is 1.88. The number of anilines is 1. The fourth-order valence-corrected chi connectivity index (χ4v) is 3.59. The highest BCUT2D eigenvalue weighted by Gasteiger charge is 2.33. The minimum atomic E-state index is 0.290. The topological polar surface area (TPSA) is 20.3 Å². The molecule has 1 amide bonds. The van der Waals surface area contributed by atoms with Gasteiger partial charge in [-0.3, -0.25) is 4.79 Å². The Morgan fingerprint density at radius 1 is 1.35 bits per heavy atom. The number of hydrogen-bond acceptors (Lipinski definition) is 2. The number of benzene rings is 1. The van der Waals surface area contributed by atoms with Crippen molar-refractivity contribution in [3.05, 3.63) is 24.3 Å². The fourth-order valence-electron chi connectivity index (χ4n) is 2.47. The van der Waals surface area contributed by atoms with E-state index in [9.17, 15) is 4.79 Å². The third-order valence-electron chi connectivity index (χ3n) is 3.64. The standard InChI is InChI=1S/C14H17NOS/c1-10-9-15(14(16)11-5-4-6-11)12-7-2-3-8-13(12)17-10/h2-3,7-8,10-11H,4-6,9H2,1H3. The summed E-state index contributed by atoms with van der Waals surface area (Å²) in [7, 11) is 0. The van der Waals surface area contributed by atoms with E-state index in [0.29, 0.717) is 17.1 Å². The molecule has 1 saturated carbocycles. The van der Waals surface area contributed by atoms with E-state index in [-0.39, 0.29) is 0 Å². The quantitative estimate of drug-likeness (QED) is 0.759. The van der Waals surface area contributed by atoms with Crippen molar-refractivity contribution in [2.75, 3.05) is 11.4 Å². The molecule has 0 radical (unpaired) electrons. The van der Waals surface area contributed by atoms with Crippen LogP contribution in [-0.2, 0) is 4.79 Å². The molecule has 1 aliphatic heterocycles. The van der Waals surface area contributed by atoms with Crippen LogP contribution in [0.3, 0.4) is 0 Å². The smallest absolute Gasteiger partial charge is 0.230 e. The number of hydrogen-bond donors (Lipinski definition) is 0. The number of carbonyl (C=O) groups is 1. The number of para-hydroxylation sites is 1. The summed E-state index contributed by atoms with van der Waals surface area (Å²) in [5.74, 6) is 0.634. The average Bonchev–Trinajstić information content (AvgIpc) is 2.25. The van der Waals surface area contributed by atoms with Crippen LogP contribution in [0, 0.1) is 5.92 Å². The molecule has 90 valence electrons. The van der Waals surface area contributed by atoms with Crippen LogP contribution >= 0.6 is 11.8 Å². The van der Waals surface area contributed by atoms with E-state index in [2.05, 4.69) is 25.1 Å². The van der Waals surface area contributed by atoms with Crippen LogP contribution in [-0.4, -0.2) is 17.7 Å². The van der Waals surface area contributed by atoms with Gasteiger partial charge in [-0.25, -0.2) is 0 Å². The lowest BCUT2D eigenvalue weighted by Crippen LogP contribution is -2.43. The summed E-state index contributed by atoms with van der Waals surface area (Å²) in [6.45, 7) is 3.05. The summed E-state index contributed by atoms with van der Waals surface area (Å²) in [6, 6.07) is 8.27. The highest BCUT2D eigenvalue weighted by atomic mass is 32.2. The van der Waals surface area contributed by atoms with E-state index < -0.39 is 0 Å². The van der Waals surface area contributed by atoms with Crippen molar-refractivity contribution >= 4 is 23.4 Å². The van der Waals surface area contributed by atoms with Crippen molar-refractivity contribution < 1.29 is 4.79 Å². The predicted molar refractivity (Wildman–Crippen MR) is 71.5 cm³/mol. The Bertz CT molecular complexity index is 442. The average molecular weight is 247 g/mol. The van der Waals surface area contributed by atoms with Crippen LogP contribution in [0.2, 0.25) is 0 Å². The minimum Gasteiger partial charge on any atom is -0.310 e. The lowest BCUT2D eigenvalue weighted by molar-refractivity contribution is -0.124. The first kappa shape index (κ1) is 11.1. The van der Waals surface area contributed by atoms with Crippen LogP contribution in [0.1, 0.15) is 26.2 Å². The van der Waals surface area contributed by atoms with E-state index in [0.717, 1.165) is 25.1 Å². The van der Waals surface area contributed by atoms with Gasteiger partial charge in [-0.05, 0) is 25.0 Å². The highest BCUT2D eigenvalue weighted by Crippen LogP contribution is 2.40. The van der Waals surface area contributed by atoms with Crippen LogP contribution in [0.25, 0.3) is 0 Å². The number of fused-ring (bicyclic) bond motifs is 1. The second-order valence-corrected chi connectivity index (χ2v) is 6.45. The molecule has 1 fully saturated rings. The molecule has 2 aliphatic rings. The van der Waals surface area contributed by atoms with Crippen LogP contribution in [0.15, 0.2) is 29.2 Å². The molecule has 0 N–H and O–H groups in total. The summed E-state index contributed by atoms with van der Waals surface area (Å²) in [5.41, 5.74) is 1.12. The first-order valence-corrected chi connectivity index (χ1v) is 7.21. The molecule has 0 spiro atoms. The van der Waals surface area contributed by atoms with Gasteiger partial charge in [0.05, 0.1) is 5.69 Å². The Morgan fingerprint density at radius 3 is 2.82 bits per heavy atom. The maximum absolute atomic E-state index is 12.4. The molecule has 3 rings (SSSR count). The zero-order chi connectivity index (χ0) is 11.8. The summed E-state index contributed by atoms with van der Waals surface area (Å²) in [6.07, 6.45) is 3.38. The van der Waals surface area contributed by atoms with Crippen molar-refractivity contribution in [3.8, 4) is 0 Å². The Labute approximate surface area is 106 Å². The fraction of sp³-hybridized carbons (Fsp3) is 0.500. The van der Waals surface area contributed by atoms with Crippen molar-refractivity contribution in [2.45, 2.75) is 36.3 Å². The highest BCUT2D eigenvalue weighted by molar-refractivity contribution is 8.00. The molecule has 1 atom stereocenters. The molecular weight excluding hydrogens is 230 g/mol. The van der Waals surface area contributed by atoms with Gasteiger partial charge < -0.3 is 4.90 Å². The van der Waals surface area contributed by atoms with Gasteiger partial charge in [0.15, 0.2) is 0 Å². The first-order valence-electron chi connectivity index (χ1n) is 6.33. The normalized spacial score (nSPS) is 24.1. The summed E-state index contributed by atoms with van der Waals surface area (Å²) < 4.78 is 0. The second-order valence-electron chi connectivity index (χ2n) is 4.97. The van der Waals surface area contributed by atoms with Crippen LogP contribution < -0.4 is 4.90 Å². The Balaban J connectivity index is 1.91. The summed E-state index contributed by atoms with van der Waals surface area (Å²) in [4.78, 5) is 15.7. The van der Waals surface area contributed by atoms with E-state index >= 15 is 0 Å². The minimum absolute atomic E-state index is 0.290. The third-order valence-corrected chi connectivity index (χ3v) is 4.79. The largest absolute Gasteiger partial charge is 0.310 e. The Hall–Kier alpha value is -0.960. The molecule has 1 aromatic carbocycles. The molecular formula is C14H17NOS. The van der Waals surface area contributed by atoms with E-state index in [1.807, 2.05) is 22.7 Å². The SMILES string of the molecule is CC1CN(C(=O)C2CCC2)c2ccccc2S1. The van der Waals surface area contributed by atoms with Gasteiger partial charge in [-0.1, -0.05) is 25.5 Å². The molecule has 1 unspecified atom stereocenters. The van der Waals surface area contributed by atoms with Gasteiger partial charge in [-0.2, -0.15) is 0 Å². The Morgan fingerprint density at radius 2 is 2.12 bits per heavy atom. The number of thioether (sulfide) groups is 1. The molecule has 0 saturated heterocycles. The van der Waals surface area contributed by atoms with Gasteiger partial charge in [0.25, 0.3) is 0 Å². The van der Waals surface area contributed by atoms with Crippen molar-refractivity contribution in [2.24, 2.45) is 5.92 Å². The zero-order valence-corrected chi connectivity index (χ0v) is 10.9. The lowest BCUT2D eigenvalue weighted by atomic mass is 9.84. The van der Waals surface area contributed by atoms with Gasteiger partial charge >= 0.3 is 0 Å². The van der Waals surface area contributed by atoms with Gasteiger partial charge in [0, 0.05) is 22.6 Å². The first-order chi connectivity index (χ1) is 8.25. The third kappa shape index (κ3) is 1.97. The number of carbonyl (C=O) groups excluding carboxylic acids is 1. The molecule has 0 bridgehead atoms. The van der Waals surface area contributed by atoms with Gasteiger partial charge in [-0.15, -0.1) is 11.8 Å². The summed E-state index contributed by atoms with van der Waals surface area (Å²) in [5, 5.41) is 0.494. The molecule has 1 aromatic rings. The maximum Gasteiger partial charge on any atom is 0.230 e. The van der Waals surface area contributed by atoms with Crippen molar-refractivity contribution in [1.29, 1.82) is 0 Å². The van der Waals surface area contributed by atoms with Crippen LogP contribution in [0.4, 0.5) is 5.69 Å². The molecule has 1 aliphatic carbocycles. The number of amides is 1. The molecule has 0 aromatic heterocycles. The Kier molecular flexibility index (Phi) is 2.87. The maximum atomic E-state index is 12.4. The molecule has 3 heteroatoms. The van der Waals surface area contributed by atoms with Crippen LogP contribution in [0.5, 0.6) is 0 Å². The zero-order valence-electron chi connectivity index (χ0n) is 10.1. The van der Waals surface area contributed by atoms with Crippen molar-refractivity contribution in [3.63, 3.8) is 0 Å². The van der Waals surface area contributed by atoms with E-state index in [4.69, 9.17) is 0 Å². The predicted octanol–water partition coefficient (Wildman–Crippen LogP) is 3.31. The van der Waals surface area contributed by atoms with Crippen molar-refractivity contribution in [1.82, 2.24) is 0 Å². The van der Waals surface area contributed by atoms with Gasteiger partial charge in [0.1, 0.15) is 0 Å². The molecule has 1 heterocycles.